The van der Waals surface area contributed by atoms with Gasteiger partial charge in [0, 0.05) is 6.54 Å². The minimum absolute atomic E-state index is 0.107. The van der Waals surface area contributed by atoms with Gasteiger partial charge < -0.3 is 4.57 Å². The summed E-state index contributed by atoms with van der Waals surface area (Å²) >= 11 is 0. The number of carbonyl (C=O) groups is 1. The van der Waals surface area contributed by atoms with Crippen molar-refractivity contribution in [3.05, 3.63) is 132 Å². The Kier molecular flexibility index (Phi) is 5.46. The highest BCUT2D eigenvalue weighted by Gasteiger charge is 2.15. The van der Waals surface area contributed by atoms with Crippen molar-refractivity contribution in [2.75, 3.05) is 0 Å². The van der Waals surface area contributed by atoms with E-state index in [1.807, 2.05) is 83.4 Å². The first-order chi connectivity index (χ1) is 15.8. The van der Waals surface area contributed by atoms with Gasteiger partial charge in [-0.2, -0.15) is 0 Å². The van der Waals surface area contributed by atoms with Crippen molar-refractivity contribution < 1.29 is 4.79 Å². The first-order valence-corrected chi connectivity index (χ1v) is 10.6. The Morgan fingerprint density at radius 3 is 2.09 bits per heavy atom. The van der Waals surface area contributed by atoms with Gasteiger partial charge in [-0.3, -0.25) is 4.79 Å². The molecule has 0 unspecified atom stereocenters. The summed E-state index contributed by atoms with van der Waals surface area (Å²) in [5.41, 5.74) is 6.22. The Bertz CT molecular complexity index is 1380. The minimum atomic E-state index is -0.107. The number of aromatic nitrogens is 2. The summed E-state index contributed by atoms with van der Waals surface area (Å²) in [5, 5.41) is 0. The lowest BCUT2D eigenvalue weighted by Crippen LogP contribution is -2.09. The van der Waals surface area contributed by atoms with E-state index in [1.54, 1.807) is 6.08 Å². The highest BCUT2D eigenvalue weighted by Crippen LogP contribution is 2.21. The molecule has 0 bridgehead atoms. The van der Waals surface area contributed by atoms with Crippen LogP contribution in [0.2, 0.25) is 0 Å². The van der Waals surface area contributed by atoms with Gasteiger partial charge in [0.25, 0.3) is 0 Å². The Morgan fingerprint density at radius 2 is 1.34 bits per heavy atom. The average Bonchev–Trinajstić information content (AvgIpc) is 3.22. The maximum Gasteiger partial charge on any atom is 0.221 e. The van der Waals surface area contributed by atoms with Gasteiger partial charge in [0.15, 0.2) is 5.82 Å². The van der Waals surface area contributed by atoms with Crippen molar-refractivity contribution in [3.8, 4) is 11.1 Å². The Hall–Kier alpha value is -4.24. The topological polar surface area (TPSA) is 34.9 Å². The lowest BCUT2D eigenvalue weighted by atomic mass is 10.0. The van der Waals surface area contributed by atoms with Crippen molar-refractivity contribution in [2.24, 2.45) is 0 Å². The van der Waals surface area contributed by atoms with E-state index in [0.717, 1.165) is 27.7 Å². The van der Waals surface area contributed by atoms with E-state index in [0.29, 0.717) is 12.4 Å². The zero-order valence-corrected chi connectivity index (χ0v) is 17.6. The maximum atomic E-state index is 13.1. The predicted molar refractivity (Wildman–Crippen MR) is 131 cm³/mol. The fourth-order valence-electron chi connectivity index (χ4n) is 3.85. The molecule has 32 heavy (non-hydrogen) atoms. The minimum Gasteiger partial charge on any atom is -0.317 e. The monoisotopic (exact) mass is 414 g/mol. The molecule has 0 spiro atoms. The van der Waals surface area contributed by atoms with Crippen molar-refractivity contribution in [1.29, 1.82) is 0 Å². The maximum absolute atomic E-state index is 13.1. The third kappa shape index (κ3) is 4.14. The van der Waals surface area contributed by atoms with E-state index < -0.39 is 0 Å². The highest BCUT2D eigenvalue weighted by atomic mass is 16.1. The summed E-state index contributed by atoms with van der Waals surface area (Å²) in [6.45, 7) is 0.599. The predicted octanol–water partition coefficient (Wildman–Crippen LogP) is 6.65. The average molecular weight is 415 g/mol. The number of rotatable bonds is 6. The zero-order valence-electron chi connectivity index (χ0n) is 17.6. The van der Waals surface area contributed by atoms with Gasteiger partial charge in [-0.15, -0.1) is 0 Å². The Balaban J connectivity index is 1.42. The smallest absolute Gasteiger partial charge is 0.221 e. The van der Waals surface area contributed by atoms with Crippen LogP contribution in [0.25, 0.3) is 28.2 Å². The molecule has 0 fully saturated rings. The molecule has 1 heterocycles. The first-order valence-electron chi connectivity index (χ1n) is 10.6. The molecule has 4 aromatic carbocycles. The summed E-state index contributed by atoms with van der Waals surface area (Å²) in [6.07, 6.45) is 3.46. The lowest BCUT2D eigenvalue weighted by molar-refractivity contribution is 0.103. The van der Waals surface area contributed by atoms with Crippen LogP contribution < -0.4 is 0 Å². The van der Waals surface area contributed by atoms with Gasteiger partial charge in [-0.1, -0.05) is 103 Å². The number of para-hydroxylation sites is 2. The molecular formula is C29H22N2O. The number of allylic oxidation sites excluding steroid dienone is 1. The second-order valence-corrected chi connectivity index (χ2v) is 7.68. The molecule has 1 aromatic heterocycles. The number of benzene rings is 4. The molecule has 3 nitrogen and oxygen atoms in total. The third-order valence-corrected chi connectivity index (χ3v) is 5.50. The Morgan fingerprint density at radius 1 is 0.719 bits per heavy atom. The van der Waals surface area contributed by atoms with Crippen LogP contribution in [0.5, 0.6) is 0 Å². The Labute approximate surface area is 187 Å². The van der Waals surface area contributed by atoms with Crippen molar-refractivity contribution in [2.45, 2.75) is 6.54 Å². The van der Waals surface area contributed by atoms with Crippen LogP contribution in [-0.2, 0) is 6.54 Å². The fraction of sp³-hybridized carbons (Fsp3) is 0.0345. The summed E-state index contributed by atoms with van der Waals surface area (Å²) in [7, 11) is 0. The molecule has 0 saturated heterocycles. The van der Waals surface area contributed by atoms with Crippen LogP contribution in [-0.4, -0.2) is 15.3 Å². The molecule has 0 atom stereocenters. The molecule has 154 valence electrons. The first kappa shape index (κ1) is 19.7. The second-order valence-electron chi connectivity index (χ2n) is 7.68. The number of ketones is 1. The highest BCUT2D eigenvalue weighted by molar-refractivity contribution is 6.06. The molecule has 5 rings (SSSR count). The molecule has 0 amide bonds. The van der Waals surface area contributed by atoms with E-state index in [2.05, 4.69) is 41.4 Å². The van der Waals surface area contributed by atoms with Gasteiger partial charge >= 0.3 is 0 Å². The molecule has 0 aliphatic heterocycles. The lowest BCUT2D eigenvalue weighted by Gasteiger charge is -2.08. The molecule has 0 aliphatic rings. The van der Waals surface area contributed by atoms with Gasteiger partial charge in [0.1, 0.15) is 0 Å². The van der Waals surface area contributed by atoms with Crippen LogP contribution in [0, 0.1) is 0 Å². The van der Waals surface area contributed by atoms with Crippen LogP contribution in [0.4, 0.5) is 0 Å². The molecular weight excluding hydrogens is 392 g/mol. The van der Waals surface area contributed by atoms with Gasteiger partial charge in [-0.05, 0) is 40.5 Å². The van der Waals surface area contributed by atoms with Gasteiger partial charge in [0.2, 0.25) is 5.78 Å². The van der Waals surface area contributed by atoms with E-state index in [-0.39, 0.29) is 5.78 Å². The largest absolute Gasteiger partial charge is 0.317 e. The molecule has 5 aromatic rings. The number of carbonyl (C=O) groups excluding carboxylic acids is 1. The van der Waals surface area contributed by atoms with Crippen molar-refractivity contribution >= 4 is 22.9 Å². The van der Waals surface area contributed by atoms with Crippen LogP contribution in [0.15, 0.2) is 115 Å². The standard InChI is InChI=1S/C29H22N2O/c32-28(20-17-22-15-18-25(19-16-22)24-11-5-2-6-12-24)29-30-26-13-7-8-14-27(26)31(29)21-23-9-3-1-4-10-23/h1-20H,21H2/b20-17+. The van der Waals surface area contributed by atoms with Crippen LogP contribution >= 0.6 is 0 Å². The normalized spacial score (nSPS) is 11.2. The fourth-order valence-corrected chi connectivity index (χ4v) is 3.85. The van der Waals surface area contributed by atoms with Gasteiger partial charge in [-0.25, -0.2) is 4.98 Å². The van der Waals surface area contributed by atoms with Gasteiger partial charge in [0.05, 0.1) is 11.0 Å². The summed E-state index contributed by atoms with van der Waals surface area (Å²) in [4.78, 5) is 17.8. The summed E-state index contributed by atoms with van der Waals surface area (Å²) in [6, 6.07) is 36.5. The number of fused-ring (bicyclic) bond motifs is 1. The van der Waals surface area contributed by atoms with Crippen molar-refractivity contribution in [3.63, 3.8) is 0 Å². The molecule has 0 radical (unpaired) electrons. The SMILES string of the molecule is O=C(/C=C/c1ccc(-c2ccccc2)cc1)c1nc2ccccc2n1Cc1ccccc1. The number of hydrogen-bond acceptors (Lipinski definition) is 2. The van der Waals surface area contributed by atoms with Crippen LogP contribution in [0.3, 0.4) is 0 Å². The van der Waals surface area contributed by atoms with Crippen molar-refractivity contribution in [1.82, 2.24) is 9.55 Å². The molecule has 0 N–H and O–H groups in total. The molecule has 3 heteroatoms. The van der Waals surface area contributed by atoms with E-state index in [9.17, 15) is 4.79 Å². The number of nitrogens with zero attached hydrogens (tertiary/aromatic N) is 2. The summed E-state index contributed by atoms with van der Waals surface area (Å²) in [5.74, 6) is 0.344. The van der Waals surface area contributed by atoms with Crippen LogP contribution in [0.1, 0.15) is 21.7 Å². The number of imidazole rings is 1. The molecule has 0 aliphatic carbocycles. The van der Waals surface area contributed by atoms with E-state index in [1.165, 1.54) is 5.56 Å². The molecule has 0 saturated carbocycles. The second kappa shape index (κ2) is 8.86. The van der Waals surface area contributed by atoms with E-state index >= 15 is 0 Å². The third-order valence-electron chi connectivity index (χ3n) is 5.50. The number of hydrogen-bond donors (Lipinski definition) is 0. The zero-order chi connectivity index (χ0) is 21.8. The summed E-state index contributed by atoms with van der Waals surface area (Å²) < 4.78 is 2.00. The van der Waals surface area contributed by atoms with E-state index in [4.69, 9.17) is 0 Å². The quantitative estimate of drug-likeness (QED) is 0.230.